The maximum Gasteiger partial charge on any atom is 0.207 e. The Morgan fingerprint density at radius 2 is 2.00 bits per heavy atom. The molecule has 0 rings (SSSR count). The van der Waals surface area contributed by atoms with Crippen molar-refractivity contribution in [3.05, 3.63) is 0 Å². The summed E-state index contributed by atoms with van der Waals surface area (Å²) in [5.74, 6) is 5.72. The van der Waals surface area contributed by atoms with Crippen LogP contribution >= 0.6 is 0 Å². The third-order valence-corrected chi connectivity index (χ3v) is 1.04. The topological polar surface area (TPSA) is 56.4 Å². The molecule has 0 aliphatic heterocycles. The Balaban J connectivity index is 3.73. The molecule has 4 nitrogen and oxygen atoms in total. The SMILES string of the molecule is CCN(N)C(=N)N(C)C. The van der Waals surface area contributed by atoms with Gasteiger partial charge in [-0.3, -0.25) is 10.4 Å². The van der Waals surface area contributed by atoms with Crippen molar-refractivity contribution in [3.8, 4) is 0 Å². The second kappa shape index (κ2) is 3.29. The Bertz CT molecular complexity index is 99.1. The molecule has 0 aliphatic carbocycles. The van der Waals surface area contributed by atoms with Crippen molar-refractivity contribution >= 4 is 5.96 Å². The van der Waals surface area contributed by atoms with Crippen molar-refractivity contribution < 1.29 is 0 Å². The van der Waals surface area contributed by atoms with Gasteiger partial charge in [-0.05, 0) is 6.92 Å². The Labute approximate surface area is 55.7 Å². The van der Waals surface area contributed by atoms with Gasteiger partial charge < -0.3 is 4.90 Å². The fraction of sp³-hybridized carbons (Fsp3) is 0.800. The van der Waals surface area contributed by atoms with Crippen LogP contribution in [0.3, 0.4) is 0 Å². The van der Waals surface area contributed by atoms with Crippen LogP contribution in [0.1, 0.15) is 6.92 Å². The van der Waals surface area contributed by atoms with Gasteiger partial charge in [-0.2, -0.15) is 0 Å². The van der Waals surface area contributed by atoms with Gasteiger partial charge in [0.25, 0.3) is 0 Å². The first-order valence-electron chi connectivity index (χ1n) is 2.87. The smallest absolute Gasteiger partial charge is 0.207 e. The standard InChI is InChI=1S/C5H14N4/c1-4-9(7)5(6)8(2)3/h6H,4,7H2,1-3H3. The zero-order chi connectivity index (χ0) is 7.44. The van der Waals surface area contributed by atoms with Gasteiger partial charge in [0.2, 0.25) is 5.96 Å². The van der Waals surface area contributed by atoms with Crippen molar-refractivity contribution in [2.45, 2.75) is 6.92 Å². The Hall–Kier alpha value is -0.770. The highest BCUT2D eigenvalue weighted by atomic mass is 15.5. The van der Waals surface area contributed by atoms with Crippen LogP contribution in [0.25, 0.3) is 0 Å². The summed E-state index contributed by atoms with van der Waals surface area (Å²) in [5, 5.41) is 8.65. The molecular formula is C5H14N4. The first-order chi connectivity index (χ1) is 4.09. The van der Waals surface area contributed by atoms with E-state index in [0.29, 0.717) is 12.5 Å². The lowest BCUT2D eigenvalue weighted by atomic mass is 10.7. The van der Waals surface area contributed by atoms with E-state index >= 15 is 0 Å². The van der Waals surface area contributed by atoms with Crippen LogP contribution in [-0.2, 0) is 0 Å². The summed E-state index contributed by atoms with van der Waals surface area (Å²) in [6.07, 6.45) is 0. The van der Waals surface area contributed by atoms with Crippen LogP contribution in [0.5, 0.6) is 0 Å². The fourth-order valence-corrected chi connectivity index (χ4v) is 0.407. The minimum atomic E-state index is 0.331. The minimum absolute atomic E-state index is 0.331. The van der Waals surface area contributed by atoms with Crippen molar-refractivity contribution in [1.82, 2.24) is 9.91 Å². The highest BCUT2D eigenvalue weighted by Gasteiger charge is 2.02. The normalized spacial score (nSPS) is 8.89. The van der Waals surface area contributed by atoms with Crippen LogP contribution < -0.4 is 5.84 Å². The average molecular weight is 130 g/mol. The van der Waals surface area contributed by atoms with Gasteiger partial charge in [0.1, 0.15) is 0 Å². The van der Waals surface area contributed by atoms with Gasteiger partial charge in [0.15, 0.2) is 0 Å². The summed E-state index contributed by atoms with van der Waals surface area (Å²) in [7, 11) is 3.58. The number of nitrogens with zero attached hydrogens (tertiary/aromatic N) is 2. The number of rotatable bonds is 1. The van der Waals surface area contributed by atoms with E-state index in [0.717, 1.165) is 0 Å². The third-order valence-electron chi connectivity index (χ3n) is 1.04. The van der Waals surface area contributed by atoms with Crippen LogP contribution in [0.2, 0.25) is 0 Å². The van der Waals surface area contributed by atoms with Gasteiger partial charge in [0.05, 0.1) is 0 Å². The molecule has 3 N–H and O–H groups in total. The first kappa shape index (κ1) is 8.23. The van der Waals surface area contributed by atoms with Crippen LogP contribution in [-0.4, -0.2) is 36.5 Å². The molecule has 0 aromatic rings. The second-order valence-electron chi connectivity index (χ2n) is 2.00. The number of hydrazine groups is 1. The van der Waals surface area contributed by atoms with Crippen molar-refractivity contribution in [1.29, 1.82) is 5.41 Å². The molecule has 0 saturated carbocycles. The Morgan fingerprint density at radius 3 is 2.11 bits per heavy atom. The molecule has 54 valence electrons. The van der Waals surface area contributed by atoms with Crippen LogP contribution in [0.15, 0.2) is 0 Å². The molecule has 0 heterocycles. The quantitative estimate of drug-likeness (QED) is 0.221. The van der Waals surface area contributed by atoms with E-state index in [1.807, 2.05) is 6.92 Å². The molecule has 0 fully saturated rings. The lowest BCUT2D eigenvalue weighted by Gasteiger charge is -2.22. The first-order valence-corrected chi connectivity index (χ1v) is 2.87. The number of hydrogen-bond acceptors (Lipinski definition) is 2. The Morgan fingerprint density at radius 1 is 1.56 bits per heavy atom. The molecule has 0 aliphatic rings. The zero-order valence-electron chi connectivity index (χ0n) is 6.18. The van der Waals surface area contributed by atoms with Gasteiger partial charge >= 0.3 is 0 Å². The molecule has 0 amide bonds. The van der Waals surface area contributed by atoms with E-state index < -0.39 is 0 Å². The number of hydrogen-bond donors (Lipinski definition) is 2. The lowest BCUT2D eigenvalue weighted by molar-refractivity contribution is 0.391. The van der Waals surface area contributed by atoms with Crippen molar-refractivity contribution in [2.24, 2.45) is 5.84 Å². The van der Waals surface area contributed by atoms with E-state index in [1.54, 1.807) is 19.0 Å². The number of nitrogens with one attached hydrogen (secondary N) is 1. The molecule has 0 spiro atoms. The lowest BCUT2D eigenvalue weighted by Crippen LogP contribution is -2.44. The van der Waals surface area contributed by atoms with Crippen molar-refractivity contribution in [3.63, 3.8) is 0 Å². The van der Waals surface area contributed by atoms with Gasteiger partial charge in [-0.1, -0.05) is 0 Å². The predicted octanol–water partition coefficient (Wildman–Crippen LogP) is -0.322. The van der Waals surface area contributed by atoms with Crippen molar-refractivity contribution in [2.75, 3.05) is 20.6 Å². The maximum atomic E-state index is 7.28. The Kier molecular flexibility index (Phi) is 3.01. The minimum Gasteiger partial charge on any atom is -0.348 e. The molecule has 0 aromatic carbocycles. The van der Waals surface area contributed by atoms with E-state index in [1.165, 1.54) is 5.01 Å². The summed E-state index contributed by atoms with van der Waals surface area (Å²) in [5.41, 5.74) is 0. The van der Waals surface area contributed by atoms with E-state index in [2.05, 4.69) is 0 Å². The summed E-state index contributed by atoms with van der Waals surface area (Å²) in [6.45, 7) is 2.56. The molecule has 0 aromatic heterocycles. The van der Waals surface area contributed by atoms with E-state index in [4.69, 9.17) is 11.3 Å². The summed E-state index contributed by atoms with van der Waals surface area (Å²) in [6, 6.07) is 0. The van der Waals surface area contributed by atoms with Gasteiger partial charge in [-0.25, -0.2) is 5.84 Å². The monoisotopic (exact) mass is 130 g/mol. The maximum absolute atomic E-state index is 7.28. The van der Waals surface area contributed by atoms with Crippen LogP contribution in [0.4, 0.5) is 0 Å². The van der Waals surface area contributed by atoms with Gasteiger partial charge in [0, 0.05) is 20.6 Å². The predicted molar refractivity (Wildman–Crippen MR) is 38.0 cm³/mol. The molecule has 0 radical (unpaired) electrons. The zero-order valence-corrected chi connectivity index (χ0v) is 6.18. The molecule has 0 bridgehead atoms. The number of guanidine groups is 1. The molecule has 4 heteroatoms. The second-order valence-corrected chi connectivity index (χ2v) is 2.00. The average Bonchev–Trinajstić information content (AvgIpc) is 1.84. The highest BCUT2D eigenvalue weighted by molar-refractivity contribution is 5.75. The fourth-order valence-electron chi connectivity index (χ4n) is 0.407. The molecule has 0 unspecified atom stereocenters. The highest BCUT2D eigenvalue weighted by Crippen LogP contribution is 1.82. The van der Waals surface area contributed by atoms with E-state index in [-0.39, 0.29) is 0 Å². The molecular weight excluding hydrogens is 116 g/mol. The third kappa shape index (κ3) is 2.32. The van der Waals surface area contributed by atoms with Gasteiger partial charge in [-0.15, -0.1) is 0 Å². The molecule has 0 saturated heterocycles. The number of nitrogens with two attached hydrogens (primary N) is 1. The summed E-state index contributed by atoms with van der Waals surface area (Å²) in [4.78, 5) is 1.66. The van der Waals surface area contributed by atoms with E-state index in [9.17, 15) is 0 Å². The van der Waals surface area contributed by atoms with Crippen LogP contribution in [0, 0.1) is 5.41 Å². The molecule has 0 atom stereocenters. The summed E-state index contributed by atoms with van der Waals surface area (Å²) >= 11 is 0. The summed E-state index contributed by atoms with van der Waals surface area (Å²) < 4.78 is 0. The largest absolute Gasteiger partial charge is 0.348 e. The molecule has 9 heavy (non-hydrogen) atoms.